The molecule has 1 aromatic heterocycles. The van der Waals surface area contributed by atoms with Crippen LogP contribution in [-0.2, 0) is 6.42 Å². The van der Waals surface area contributed by atoms with E-state index in [9.17, 15) is 9.18 Å². The first-order valence-corrected chi connectivity index (χ1v) is 8.33. The monoisotopic (exact) mass is 335 g/mol. The summed E-state index contributed by atoms with van der Waals surface area (Å²) in [5.41, 5.74) is 4.55. The Hall–Kier alpha value is -2.95. The van der Waals surface area contributed by atoms with Crippen LogP contribution < -0.4 is 4.90 Å². The maximum atomic E-state index is 13.2. The summed E-state index contributed by atoms with van der Waals surface area (Å²) < 4.78 is 14.9. The molecule has 0 saturated carbocycles. The largest absolute Gasteiger partial charge is 0.307 e. The molecule has 0 saturated heterocycles. The molecule has 0 radical (unpaired) electrons. The highest BCUT2D eigenvalue weighted by Gasteiger charge is 2.26. The summed E-state index contributed by atoms with van der Waals surface area (Å²) in [5.74, 6) is -0.399. The number of aryl methyl sites for hydroxylation is 2. The lowest BCUT2D eigenvalue weighted by molar-refractivity contribution is 0.0978. The Morgan fingerprint density at radius 3 is 2.76 bits per heavy atom. The number of aromatic nitrogens is 2. The van der Waals surface area contributed by atoms with E-state index in [2.05, 4.69) is 18.0 Å². The quantitative estimate of drug-likeness (QED) is 0.712. The van der Waals surface area contributed by atoms with Crippen molar-refractivity contribution < 1.29 is 9.18 Å². The van der Waals surface area contributed by atoms with Gasteiger partial charge in [0, 0.05) is 17.9 Å². The summed E-state index contributed by atoms with van der Waals surface area (Å²) in [6, 6.07) is 12.2. The second-order valence-corrected chi connectivity index (χ2v) is 6.32. The second-order valence-electron chi connectivity index (χ2n) is 6.32. The van der Waals surface area contributed by atoms with Crippen LogP contribution in [0.3, 0.4) is 0 Å². The lowest BCUT2D eigenvalue weighted by atomic mass is 9.99. The third kappa shape index (κ3) is 2.82. The van der Waals surface area contributed by atoms with Gasteiger partial charge < -0.3 is 4.90 Å². The Morgan fingerprint density at radius 1 is 1.16 bits per heavy atom. The van der Waals surface area contributed by atoms with Gasteiger partial charge in [0.15, 0.2) is 0 Å². The van der Waals surface area contributed by atoms with Gasteiger partial charge in [-0.05, 0) is 55.7 Å². The van der Waals surface area contributed by atoms with Crippen molar-refractivity contribution in [2.75, 3.05) is 11.4 Å². The Kier molecular flexibility index (Phi) is 3.84. The van der Waals surface area contributed by atoms with E-state index in [0.717, 1.165) is 18.5 Å². The molecule has 2 aromatic carbocycles. The van der Waals surface area contributed by atoms with Crippen LogP contribution >= 0.6 is 0 Å². The number of hydrogen-bond donors (Lipinski definition) is 0. The summed E-state index contributed by atoms with van der Waals surface area (Å²) >= 11 is 0. The first-order chi connectivity index (χ1) is 12.1. The van der Waals surface area contributed by atoms with Crippen molar-refractivity contribution in [2.45, 2.75) is 19.8 Å². The predicted molar refractivity (Wildman–Crippen MR) is 94.7 cm³/mol. The molecule has 4 nitrogen and oxygen atoms in total. The standard InChI is InChI=1S/C20H18FN3O/c1-14-4-9-18-15(11-14)3-2-10-23(18)20(25)19-12-22-13-24(19)17-7-5-16(21)6-8-17/h4-9,11-13H,2-3,10H2,1H3. The molecule has 0 atom stereocenters. The molecule has 0 unspecified atom stereocenters. The number of halogens is 1. The van der Waals surface area contributed by atoms with Crippen LogP contribution in [0.5, 0.6) is 0 Å². The topological polar surface area (TPSA) is 38.1 Å². The van der Waals surface area contributed by atoms with Crippen LogP contribution in [0.4, 0.5) is 10.1 Å². The molecule has 1 aliphatic rings. The normalized spacial score (nSPS) is 13.6. The molecule has 2 heterocycles. The van der Waals surface area contributed by atoms with Crippen molar-refractivity contribution in [1.82, 2.24) is 9.55 Å². The minimum atomic E-state index is -0.308. The van der Waals surface area contributed by atoms with Crippen LogP contribution in [0.25, 0.3) is 5.69 Å². The molecular formula is C20H18FN3O. The van der Waals surface area contributed by atoms with Gasteiger partial charge in [0.1, 0.15) is 11.5 Å². The molecule has 0 aliphatic carbocycles. The van der Waals surface area contributed by atoms with Gasteiger partial charge in [-0.1, -0.05) is 17.7 Å². The average Bonchev–Trinajstić information content (AvgIpc) is 3.10. The van der Waals surface area contributed by atoms with E-state index < -0.39 is 0 Å². The molecule has 3 aromatic rings. The van der Waals surface area contributed by atoms with Crippen LogP contribution in [0, 0.1) is 12.7 Å². The van der Waals surface area contributed by atoms with Crippen LogP contribution in [0.15, 0.2) is 55.0 Å². The third-order valence-electron chi connectivity index (χ3n) is 4.56. The molecule has 126 valence electrons. The van der Waals surface area contributed by atoms with E-state index >= 15 is 0 Å². The van der Waals surface area contributed by atoms with Crippen molar-refractivity contribution in [3.63, 3.8) is 0 Å². The van der Waals surface area contributed by atoms with E-state index in [0.29, 0.717) is 17.9 Å². The predicted octanol–water partition coefficient (Wildman–Crippen LogP) is 3.91. The number of hydrogen-bond acceptors (Lipinski definition) is 2. The molecule has 0 fully saturated rings. The second kappa shape index (κ2) is 6.16. The zero-order valence-corrected chi connectivity index (χ0v) is 13.9. The van der Waals surface area contributed by atoms with Crippen LogP contribution in [-0.4, -0.2) is 22.0 Å². The van der Waals surface area contributed by atoms with E-state index in [1.54, 1.807) is 29.2 Å². The Bertz CT molecular complexity index is 930. The first-order valence-electron chi connectivity index (χ1n) is 8.33. The van der Waals surface area contributed by atoms with Gasteiger partial charge in [-0.25, -0.2) is 9.37 Å². The summed E-state index contributed by atoms with van der Waals surface area (Å²) in [7, 11) is 0. The molecule has 1 amide bonds. The smallest absolute Gasteiger partial charge is 0.276 e. The zero-order chi connectivity index (χ0) is 17.4. The van der Waals surface area contributed by atoms with E-state index in [1.165, 1.54) is 23.3 Å². The number of benzene rings is 2. The Labute approximate surface area is 145 Å². The van der Waals surface area contributed by atoms with Gasteiger partial charge in [-0.3, -0.25) is 9.36 Å². The molecule has 0 bridgehead atoms. The summed E-state index contributed by atoms with van der Waals surface area (Å²) in [6.07, 6.45) is 5.07. The van der Waals surface area contributed by atoms with Crippen molar-refractivity contribution in [3.8, 4) is 5.69 Å². The van der Waals surface area contributed by atoms with Crippen molar-refractivity contribution >= 4 is 11.6 Å². The van der Waals surface area contributed by atoms with Gasteiger partial charge in [0.2, 0.25) is 0 Å². The number of nitrogens with zero attached hydrogens (tertiary/aromatic N) is 3. The fourth-order valence-corrected chi connectivity index (χ4v) is 3.34. The van der Waals surface area contributed by atoms with Gasteiger partial charge >= 0.3 is 0 Å². The van der Waals surface area contributed by atoms with Gasteiger partial charge in [-0.15, -0.1) is 0 Å². The van der Waals surface area contributed by atoms with E-state index in [1.807, 2.05) is 17.0 Å². The van der Waals surface area contributed by atoms with E-state index in [4.69, 9.17) is 0 Å². The van der Waals surface area contributed by atoms with E-state index in [-0.39, 0.29) is 11.7 Å². The Morgan fingerprint density at radius 2 is 1.96 bits per heavy atom. The number of amides is 1. The molecular weight excluding hydrogens is 317 g/mol. The zero-order valence-electron chi connectivity index (χ0n) is 13.9. The van der Waals surface area contributed by atoms with Crippen LogP contribution in [0.2, 0.25) is 0 Å². The van der Waals surface area contributed by atoms with Crippen molar-refractivity contribution in [2.24, 2.45) is 0 Å². The summed E-state index contributed by atoms with van der Waals surface area (Å²) in [4.78, 5) is 19.1. The maximum Gasteiger partial charge on any atom is 0.276 e. The summed E-state index contributed by atoms with van der Waals surface area (Å²) in [5, 5.41) is 0. The number of carbonyl (C=O) groups excluding carboxylic acids is 1. The maximum absolute atomic E-state index is 13.2. The van der Waals surface area contributed by atoms with Gasteiger partial charge in [-0.2, -0.15) is 0 Å². The van der Waals surface area contributed by atoms with Gasteiger partial charge in [0.05, 0.1) is 12.5 Å². The number of carbonyl (C=O) groups is 1. The number of rotatable bonds is 2. The van der Waals surface area contributed by atoms with Gasteiger partial charge in [0.25, 0.3) is 5.91 Å². The van der Waals surface area contributed by atoms with Crippen LogP contribution in [0.1, 0.15) is 28.0 Å². The van der Waals surface area contributed by atoms with Crippen molar-refractivity contribution in [3.05, 3.63) is 77.6 Å². The SMILES string of the molecule is Cc1ccc2c(c1)CCCN2C(=O)c1cncn1-c1ccc(F)cc1. The molecule has 0 spiro atoms. The molecule has 0 N–H and O–H groups in total. The Balaban J connectivity index is 1.72. The highest BCUT2D eigenvalue weighted by molar-refractivity contribution is 6.06. The summed E-state index contributed by atoms with van der Waals surface area (Å²) in [6.45, 7) is 2.74. The number of anilines is 1. The first kappa shape index (κ1) is 15.6. The lowest BCUT2D eigenvalue weighted by Gasteiger charge is -2.30. The fraction of sp³-hybridized carbons (Fsp3) is 0.200. The third-order valence-corrected chi connectivity index (χ3v) is 4.56. The number of fused-ring (bicyclic) bond motifs is 1. The minimum absolute atomic E-state index is 0.0911. The molecule has 1 aliphatic heterocycles. The highest BCUT2D eigenvalue weighted by atomic mass is 19.1. The molecule has 4 rings (SSSR count). The van der Waals surface area contributed by atoms with Crippen molar-refractivity contribution in [1.29, 1.82) is 0 Å². The fourth-order valence-electron chi connectivity index (χ4n) is 3.34. The lowest BCUT2D eigenvalue weighted by Crippen LogP contribution is -2.36. The minimum Gasteiger partial charge on any atom is -0.307 e. The average molecular weight is 335 g/mol. The molecule has 25 heavy (non-hydrogen) atoms. The number of imidazole rings is 1. The molecule has 5 heteroatoms. The highest BCUT2D eigenvalue weighted by Crippen LogP contribution is 2.29.